The van der Waals surface area contributed by atoms with Crippen molar-refractivity contribution >= 4 is 0 Å². The average Bonchev–Trinajstić information content (AvgIpc) is 2.24. The fourth-order valence-corrected chi connectivity index (χ4v) is 1.80. The Kier molecular flexibility index (Phi) is 6.29. The minimum absolute atomic E-state index is 0.114. The standard InChI is InChI=1S/C17H34O2/c1-10-16(6,7)11-13(2)17(8,9)19-12-14(18)15(3,4)5/h10,13-14,18H,1,11-12H2,2-9H3. The van der Waals surface area contributed by atoms with Crippen LogP contribution in [0, 0.1) is 16.7 Å². The molecule has 0 aromatic heterocycles. The Morgan fingerprint density at radius 2 is 1.58 bits per heavy atom. The van der Waals surface area contributed by atoms with Crippen LogP contribution in [0.3, 0.4) is 0 Å². The molecule has 0 amide bonds. The third-order valence-corrected chi connectivity index (χ3v) is 4.18. The van der Waals surface area contributed by atoms with E-state index in [1.807, 2.05) is 26.8 Å². The second-order valence-electron chi connectivity index (χ2n) is 8.09. The molecule has 0 spiro atoms. The molecule has 1 N–H and O–H groups in total. The van der Waals surface area contributed by atoms with Crippen molar-refractivity contribution in [1.82, 2.24) is 0 Å². The molecule has 0 aromatic rings. The second-order valence-corrected chi connectivity index (χ2v) is 8.09. The predicted molar refractivity (Wildman–Crippen MR) is 83.3 cm³/mol. The van der Waals surface area contributed by atoms with Crippen molar-refractivity contribution in [1.29, 1.82) is 0 Å². The van der Waals surface area contributed by atoms with Gasteiger partial charge in [0.15, 0.2) is 0 Å². The van der Waals surface area contributed by atoms with Crippen LogP contribution < -0.4 is 0 Å². The monoisotopic (exact) mass is 270 g/mol. The van der Waals surface area contributed by atoms with E-state index in [1.165, 1.54) is 0 Å². The molecule has 0 saturated carbocycles. The lowest BCUT2D eigenvalue weighted by Gasteiger charge is -2.38. The van der Waals surface area contributed by atoms with E-state index in [0.717, 1.165) is 6.42 Å². The van der Waals surface area contributed by atoms with E-state index in [9.17, 15) is 5.11 Å². The van der Waals surface area contributed by atoms with Crippen LogP contribution in [0.4, 0.5) is 0 Å². The first kappa shape index (κ1) is 18.7. The van der Waals surface area contributed by atoms with Crippen molar-refractivity contribution in [3.8, 4) is 0 Å². The van der Waals surface area contributed by atoms with E-state index in [1.54, 1.807) is 0 Å². The van der Waals surface area contributed by atoms with E-state index < -0.39 is 6.10 Å². The maximum absolute atomic E-state index is 10.1. The van der Waals surface area contributed by atoms with Gasteiger partial charge in [-0.2, -0.15) is 0 Å². The number of ether oxygens (including phenoxy) is 1. The van der Waals surface area contributed by atoms with Crippen LogP contribution in [-0.4, -0.2) is 23.4 Å². The molecule has 2 atom stereocenters. The van der Waals surface area contributed by atoms with Crippen LogP contribution in [0.5, 0.6) is 0 Å². The van der Waals surface area contributed by atoms with Gasteiger partial charge in [0.1, 0.15) is 0 Å². The van der Waals surface area contributed by atoms with Crippen molar-refractivity contribution in [2.45, 2.75) is 73.5 Å². The summed E-state index contributed by atoms with van der Waals surface area (Å²) < 4.78 is 5.99. The Labute approximate surface area is 120 Å². The van der Waals surface area contributed by atoms with Gasteiger partial charge in [-0.05, 0) is 37.0 Å². The fourth-order valence-electron chi connectivity index (χ4n) is 1.80. The summed E-state index contributed by atoms with van der Waals surface area (Å²) in [6.45, 7) is 21.1. The molecule has 0 aliphatic heterocycles. The first-order valence-corrected chi connectivity index (χ1v) is 7.27. The zero-order chi connectivity index (χ0) is 15.5. The van der Waals surface area contributed by atoms with Crippen LogP contribution >= 0.6 is 0 Å². The number of rotatable bonds is 7. The summed E-state index contributed by atoms with van der Waals surface area (Å²) in [5.74, 6) is 0.396. The number of allylic oxidation sites excluding steroid dienone is 1. The van der Waals surface area contributed by atoms with Crippen molar-refractivity contribution in [3.63, 3.8) is 0 Å². The molecule has 0 radical (unpaired) electrons. The van der Waals surface area contributed by atoms with Gasteiger partial charge in [0.2, 0.25) is 0 Å². The molecule has 2 nitrogen and oxygen atoms in total. The smallest absolute Gasteiger partial charge is 0.0822 e. The zero-order valence-electron chi connectivity index (χ0n) is 14.2. The van der Waals surface area contributed by atoms with Gasteiger partial charge in [-0.3, -0.25) is 0 Å². The van der Waals surface area contributed by atoms with E-state index in [2.05, 4.69) is 41.2 Å². The highest BCUT2D eigenvalue weighted by Gasteiger charge is 2.32. The largest absolute Gasteiger partial charge is 0.390 e. The van der Waals surface area contributed by atoms with Gasteiger partial charge in [0.05, 0.1) is 18.3 Å². The van der Waals surface area contributed by atoms with Gasteiger partial charge >= 0.3 is 0 Å². The molecule has 0 fully saturated rings. The molecule has 19 heavy (non-hydrogen) atoms. The summed E-state index contributed by atoms with van der Waals surface area (Å²) in [5, 5.41) is 10.1. The molecule has 0 heterocycles. The van der Waals surface area contributed by atoms with Crippen molar-refractivity contribution < 1.29 is 9.84 Å². The summed E-state index contributed by atoms with van der Waals surface area (Å²) >= 11 is 0. The van der Waals surface area contributed by atoms with Crippen molar-refractivity contribution in [3.05, 3.63) is 12.7 Å². The maximum atomic E-state index is 10.1. The highest BCUT2D eigenvalue weighted by molar-refractivity contribution is 4.92. The molecule has 0 bridgehead atoms. The average molecular weight is 270 g/mol. The molecule has 0 saturated heterocycles. The fraction of sp³-hybridized carbons (Fsp3) is 0.882. The van der Waals surface area contributed by atoms with E-state index in [4.69, 9.17) is 4.74 Å². The first-order valence-electron chi connectivity index (χ1n) is 7.27. The predicted octanol–water partition coefficient (Wildman–Crippen LogP) is 4.43. The Balaban J connectivity index is 4.50. The van der Waals surface area contributed by atoms with Gasteiger partial charge in [-0.15, -0.1) is 6.58 Å². The highest BCUT2D eigenvalue weighted by atomic mass is 16.5. The molecule has 0 aliphatic carbocycles. The number of hydrogen-bond donors (Lipinski definition) is 1. The van der Waals surface area contributed by atoms with Gasteiger partial charge in [-0.1, -0.05) is 47.6 Å². The summed E-state index contributed by atoms with van der Waals surface area (Å²) in [6, 6.07) is 0. The lowest BCUT2D eigenvalue weighted by molar-refractivity contribution is -0.112. The summed E-state index contributed by atoms with van der Waals surface area (Å²) in [5.41, 5.74) is -0.269. The van der Waals surface area contributed by atoms with Gasteiger partial charge in [0.25, 0.3) is 0 Å². The quantitative estimate of drug-likeness (QED) is 0.694. The summed E-state index contributed by atoms with van der Waals surface area (Å²) in [4.78, 5) is 0. The highest BCUT2D eigenvalue weighted by Crippen LogP contribution is 2.34. The second kappa shape index (κ2) is 6.41. The molecule has 0 aromatic carbocycles. The van der Waals surface area contributed by atoms with E-state index in [-0.39, 0.29) is 16.4 Å². The maximum Gasteiger partial charge on any atom is 0.0822 e. The number of aliphatic hydroxyl groups excluding tert-OH is 1. The topological polar surface area (TPSA) is 29.5 Å². The third kappa shape index (κ3) is 6.58. The normalized spacial score (nSPS) is 17.1. The van der Waals surface area contributed by atoms with Crippen molar-refractivity contribution in [2.24, 2.45) is 16.7 Å². The van der Waals surface area contributed by atoms with Gasteiger partial charge in [-0.25, -0.2) is 0 Å². The van der Waals surface area contributed by atoms with Crippen LogP contribution in [0.1, 0.15) is 61.8 Å². The van der Waals surface area contributed by atoms with E-state index >= 15 is 0 Å². The van der Waals surface area contributed by atoms with Gasteiger partial charge < -0.3 is 9.84 Å². The Hall–Kier alpha value is -0.340. The molecule has 2 heteroatoms. The molecule has 114 valence electrons. The first-order chi connectivity index (χ1) is 8.32. The lowest BCUT2D eigenvalue weighted by atomic mass is 9.77. The zero-order valence-corrected chi connectivity index (χ0v) is 14.2. The van der Waals surface area contributed by atoms with E-state index in [0.29, 0.717) is 12.5 Å². The number of aliphatic hydroxyl groups is 1. The Morgan fingerprint density at radius 1 is 1.11 bits per heavy atom. The van der Waals surface area contributed by atoms with Gasteiger partial charge in [0, 0.05) is 0 Å². The SMILES string of the molecule is C=CC(C)(C)CC(C)C(C)(C)OCC(O)C(C)(C)C. The molecular weight excluding hydrogens is 236 g/mol. The van der Waals surface area contributed by atoms with Crippen LogP contribution in [0.2, 0.25) is 0 Å². The summed E-state index contributed by atoms with van der Waals surface area (Å²) in [6.07, 6.45) is 2.59. The van der Waals surface area contributed by atoms with Crippen LogP contribution in [0.25, 0.3) is 0 Å². The minimum Gasteiger partial charge on any atom is -0.390 e. The molecule has 0 rings (SSSR count). The summed E-state index contributed by atoms with van der Waals surface area (Å²) in [7, 11) is 0. The third-order valence-electron chi connectivity index (χ3n) is 4.18. The molecule has 2 unspecified atom stereocenters. The van der Waals surface area contributed by atoms with Crippen molar-refractivity contribution in [2.75, 3.05) is 6.61 Å². The molecular formula is C17H34O2. The van der Waals surface area contributed by atoms with Crippen LogP contribution in [-0.2, 0) is 4.74 Å². The van der Waals surface area contributed by atoms with Crippen LogP contribution in [0.15, 0.2) is 12.7 Å². The molecule has 0 aliphatic rings. The lowest BCUT2D eigenvalue weighted by Crippen LogP contribution is -2.40. The minimum atomic E-state index is -0.439. The Morgan fingerprint density at radius 3 is 1.95 bits per heavy atom. The Bertz CT molecular complexity index is 284. The number of hydrogen-bond acceptors (Lipinski definition) is 2.